The van der Waals surface area contributed by atoms with E-state index in [1.807, 2.05) is 0 Å². The van der Waals surface area contributed by atoms with E-state index in [0.717, 1.165) is 12.3 Å². The maximum absolute atomic E-state index is 5.87. The Balaban J connectivity index is 2.02. The van der Waals surface area contributed by atoms with E-state index in [1.54, 1.807) is 0 Å². The summed E-state index contributed by atoms with van der Waals surface area (Å²) < 4.78 is 5.87. The highest BCUT2D eigenvalue weighted by Crippen LogP contribution is 2.29. The van der Waals surface area contributed by atoms with Crippen molar-refractivity contribution in [2.24, 2.45) is 0 Å². The number of hydrogen-bond donors (Lipinski definition) is 1. The number of ether oxygens (including phenoxy) is 1. The zero-order chi connectivity index (χ0) is 12.8. The van der Waals surface area contributed by atoms with E-state index in [1.165, 1.54) is 37.7 Å². The molecule has 18 heavy (non-hydrogen) atoms. The Morgan fingerprint density at radius 1 is 1.28 bits per heavy atom. The Labute approximate surface area is 111 Å². The summed E-state index contributed by atoms with van der Waals surface area (Å²) in [7, 11) is 0. The van der Waals surface area contributed by atoms with E-state index in [4.69, 9.17) is 4.74 Å². The van der Waals surface area contributed by atoms with Gasteiger partial charge in [-0.15, -0.1) is 0 Å². The summed E-state index contributed by atoms with van der Waals surface area (Å²) in [5.41, 5.74) is 1.36. The molecule has 2 heteroatoms. The highest BCUT2D eigenvalue weighted by molar-refractivity contribution is 5.31. The molecule has 1 aliphatic carbocycles. The molecule has 0 radical (unpaired) electrons. The monoisotopic (exact) mass is 247 g/mol. The van der Waals surface area contributed by atoms with Crippen LogP contribution in [0.4, 0.5) is 0 Å². The van der Waals surface area contributed by atoms with Gasteiger partial charge in [-0.3, -0.25) is 0 Å². The molecule has 0 bridgehead atoms. The molecule has 0 aromatic heterocycles. The third-order valence-electron chi connectivity index (χ3n) is 3.31. The minimum Gasteiger partial charge on any atom is -0.490 e. The molecular weight excluding hydrogens is 222 g/mol. The van der Waals surface area contributed by atoms with Crippen molar-refractivity contribution in [3.63, 3.8) is 0 Å². The van der Waals surface area contributed by atoms with Crippen molar-refractivity contribution in [2.75, 3.05) is 6.54 Å². The summed E-state index contributed by atoms with van der Waals surface area (Å²) in [6.45, 7) is 5.53. The number of benzene rings is 1. The Morgan fingerprint density at radius 3 is 2.78 bits per heavy atom. The number of nitrogens with one attached hydrogen (secondary N) is 1. The smallest absolute Gasteiger partial charge is 0.120 e. The van der Waals surface area contributed by atoms with E-state index in [9.17, 15) is 0 Å². The fourth-order valence-electron chi connectivity index (χ4n) is 2.18. The summed E-state index contributed by atoms with van der Waals surface area (Å²) in [5, 5.41) is 3.63. The zero-order valence-corrected chi connectivity index (χ0v) is 11.6. The summed E-state index contributed by atoms with van der Waals surface area (Å²) in [6.07, 6.45) is 6.49. The van der Waals surface area contributed by atoms with E-state index in [0.29, 0.717) is 12.1 Å². The van der Waals surface area contributed by atoms with Gasteiger partial charge < -0.3 is 10.1 Å². The molecule has 0 saturated heterocycles. The fraction of sp³-hybridized carbons (Fsp3) is 0.625. The standard InChI is InChI=1S/C16H25NO/c1-3-6-16(17-11-4-2)13-7-5-8-15(12-13)18-14-9-10-14/h5,7-8,12,14,16-17H,3-4,6,9-11H2,1-2H3. The lowest BCUT2D eigenvalue weighted by atomic mass is 10.0. The SMILES string of the molecule is CCCNC(CCC)c1cccc(OC2CC2)c1. The van der Waals surface area contributed by atoms with Gasteiger partial charge in [0.05, 0.1) is 6.10 Å². The van der Waals surface area contributed by atoms with E-state index < -0.39 is 0 Å². The second-order valence-corrected chi connectivity index (χ2v) is 5.19. The minimum atomic E-state index is 0.470. The summed E-state index contributed by atoms with van der Waals surface area (Å²) in [5.74, 6) is 1.04. The van der Waals surface area contributed by atoms with Crippen molar-refractivity contribution < 1.29 is 4.74 Å². The van der Waals surface area contributed by atoms with Gasteiger partial charge >= 0.3 is 0 Å². The molecule has 0 amide bonds. The molecule has 0 heterocycles. The molecule has 1 aromatic rings. The second kappa shape index (κ2) is 6.79. The molecule has 1 aliphatic rings. The molecular formula is C16H25NO. The van der Waals surface area contributed by atoms with Crippen LogP contribution in [0.15, 0.2) is 24.3 Å². The number of hydrogen-bond acceptors (Lipinski definition) is 2. The minimum absolute atomic E-state index is 0.470. The largest absolute Gasteiger partial charge is 0.490 e. The van der Waals surface area contributed by atoms with Crippen LogP contribution in [-0.4, -0.2) is 12.6 Å². The van der Waals surface area contributed by atoms with Crippen LogP contribution in [0.25, 0.3) is 0 Å². The maximum Gasteiger partial charge on any atom is 0.120 e. The van der Waals surface area contributed by atoms with Crippen LogP contribution in [-0.2, 0) is 0 Å². The topological polar surface area (TPSA) is 21.3 Å². The van der Waals surface area contributed by atoms with E-state index >= 15 is 0 Å². The molecule has 2 rings (SSSR count). The molecule has 1 atom stereocenters. The van der Waals surface area contributed by atoms with Gasteiger partial charge in [-0.1, -0.05) is 32.4 Å². The number of rotatable bonds is 8. The Morgan fingerprint density at radius 2 is 2.11 bits per heavy atom. The first-order chi connectivity index (χ1) is 8.83. The van der Waals surface area contributed by atoms with Crippen LogP contribution in [0.1, 0.15) is 57.6 Å². The predicted molar refractivity (Wildman–Crippen MR) is 76.0 cm³/mol. The quantitative estimate of drug-likeness (QED) is 0.747. The first kappa shape index (κ1) is 13.4. The second-order valence-electron chi connectivity index (χ2n) is 5.19. The molecule has 100 valence electrons. The normalized spacial score (nSPS) is 16.6. The molecule has 1 aromatic carbocycles. The van der Waals surface area contributed by atoms with Crippen molar-refractivity contribution in [1.29, 1.82) is 0 Å². The lowest BCUT2D eigenvalue weighted by Gasteiger charge is -2.19. The predicted octanol–water partition coefficient (Wildman–Crippen LogP) is 4.07. The Bertz CT molecular complexity index is 360. The third-order valence-corrected chi connectivity index (χ3v) is 3.31. The summed E-state index contributed by atoms with van der Waals surface area (Å²) >= 11 is 0. The molecule has 0 spiro atoms. The van der Waals surface area contributed by atoms with Crippen LogP contribution >= 0.6 is 0 Å². The molecule has 1 saturated carbocycles. The average Bonchev–Trinajstić information content (AvgIpc) is 3.19. The summed E-state index contributed by atoms with van der Waals surface area (Å²) in [6, 6.07) is 9.08. The van der Waals surface area contributed by atoms with E-state index in [2.05, 4.69) is 43.4 Å². The van der Waals surface area contributed by atoms with Crippen LogP contribution in [0.3, 0.4) is 0 Å². The van der Waals surface area contributed by atoms with Crippen molar-refractivity contribution in [2.45, 2.75) is 58.1 Å². The van der Waals surface area contributed by atoms with Gasteiger partial charge in [-0.05, 0) is 49.9 Å². The van der Waals surface area contributed by atoms with Gasteiger partial charge in [-0.2, -0.15) is 0 Å². The third kappa shape index (κ3) is 4.02. The van der Waals surface area contributed by atoms with E-state index in [-0.39, 0.29) is 0 Å². The average molecular weight is 247 g/mol. The van der Waals surface area contributed by atoms with Crippen LogP contribution in [0.5, 0.6) is 5.75 Å². The van der Waals surface area contributed by atoms with Gasteiger partial charge in [-0.25, -0.2) is 0 Å². The lowest BCUT2D eigenvalue weighted by molar-refractivity contribution is 0.302. The zero-order valence-electron chi connectivity index (χ0n) is 11.6. The maximum atomic E-state index is 5.87. The molecule has 1 N–H and O–H groups in total. The molecule has 1 fully saturated rings. The molecule has 0 aliphatic heterocycles. The lowest BCUT2D eigenvalue weighted by Crippen LogP contribution is -2.22. The fourth-order valence-corrected chi connectivity index (χ4v) is 2.18. The highest BCUT2D eigenvalue weighted by atomic mass is 16.5. The van der Waals surface area contributed by atoms with Gasteiger partial charge in [0.1, 0.15) is 5.75 Å². The molecule has 1 unspecified atom stereocenters. The van der Waals surface area contributed by atoms with Crippen molar-refractivity contribution in [3.8, 4) is 5.75 Å². The first-order valence-corrected chi connectivity index (χ1v) is 7.33. The first-order valence-electron chi connectivity index (χ1n) is 7.33. The van der Waals surface area contributed by atoms with Crippen molar-refractivity contribution in [3.05, 3.63) is 29.8 Å². The van der Waals surface area contributed by atoms with Gasteiger partial charge in [0.2, 0.25) is 0 Å². The molecule has 2 nitrogen and oxygen atoms in total. The van der Waals surface area contributed by atoms with Gasteiger partial charge in [0.15, 0.2) is 0 Å². The Hall–Kier alpha value is -1.02. The Kier molecular flexibility index (Phi) is 5.06. The van der Waals surface area contributed by atoms with Crippen LogP contribution in [0, 0.1) is 0 Å². The van der Waals surface area contributed by atoms with Gasteiger partial charge in [0.25, 0.3) is 0 Å². The van der Waals surface area contributed by atoms with Crippen LogP contribution in [0.2, 0.25) is 0 Å². The highest BCUT2D eigenvalue weighted by Gasteiger charge is 2.23. The summed E-state index contributed by atoms with van der Waals surface area (Å²) in [4.78, 5) is 0. The van der Waals surface area contributed by atoms with Crippen molar-refractivity contribution in [1.82, 2.24) is 5.32 Å². The van der Waals surface area contributed by atoms with Crippen LogP contribution < -0.4 is 10.1 Å². The van der Waals surface area contributed by atoms with Gasteiger partial charge in [0, 0.05) is 6.04 Å². The van der Waals surface area contributed by atoms with Crippen molar-refractivity contribution >= 4 is 0 Å².